The van der Waals surface area contributed by atoms with Gasteiger partial charge in [-0.15, -0.1) is 0 Å². The van der Waals surface area contributed by atoms with Gasteiger partial charge in [-0.3, -0.25) is 4.98 Å². The Morgan fingerprint density at radius 3 is 3.00 bits per heavy atom. The number of aromatic nitrogens is 1. The maximum Gasteiger partial charge on any atom is 0.121 e. The van der Waals surface area contributed by atoms with Gasteiger partial charge in [-0.2, -0.15) is 0 Å². The molecule has 17 heavy (non-hydrogen) atoms. The van der Waals surface area contributed by atoms with Crippen molar-refractivity contribution in [2.24, 2.45) is 5.73 Å². The molecule has 0 aliphatic carbocycles. The van der Waals surface area contributed by atoms with E-state index in [0.29, 0.717) is 6.54 Å². The van der Waals surface area contributed by atoms with Crippen LogP contribution in [0.3, 0.4) is 0 Å². The van der Waals surface area contributed by atoms with Crippen LogP contribution in [0, 0.1) is 0 Å². The van der Waals surface area contributed by atoms with Gasteiger partial charge in [0.15, 0.2) is 0 Å². The van der Waals surface area contributed by atoms with E-state index in [1.54, 1.807) is 13.3 Å². The fraction of sp³-hybridized carbons (Fsp3) is 0.308. The SMILES string of the molecule is COc1ccc2c(NCCCN)ccnc2c1. The number of nitrogens with two attached hydrogens (primary N) is 1. The van der Waals surface area contributed by atoms with Crippen LogP contribution in [0.4, 0.5) is 5.69 Å². The molecule has 0 bridgehead atoms. The van der Waals surface area contributed by atoms with Crippen LogP contribution in [0.2, 0.25) is 0 Å². The number of fused-ring (bicyclic) bond motifs is 1. The minimum absolute atomic E-state index is 0.698. The van der Waals surface area contributed by atoms with Gasteiger partial charge in [-0.25, -0.2) is 0 Å². The highest BCUT2D eigenvalue weighted by Crippen LogP contribution is 2.25. The first-order chi connectivity index (χ1) is 8.35. The maximum atomic E-state index is 5.47. The molecule has 0 radical (unpaired) electrons. The first kappa shape index (κ1) is 11.7. The molecule has 0 aliphatic heterocycles. The Hall–Kier alpha value is -1.81. The molecule has 0 saturated heterocycles. The third-order valence-corrected chi connectivity index (χ3v) is 2.65. The largest absolute Gasteiger partial charge is 0.497 e. The number of benzene rings is 1. The van der Waals surface area contributed by atoms with E-state index in [0.717, 1.165) is 35.3 Å². The number of hydrogen-bond acceptors (Lipinski definition) is 4. The van der Waals surface area contributed by atoms with Gasteiger partial charge < -0.3 is 15.8 Å². The molecule has 0 fully saturated rings. The van der Waals surface area contributed by atoms with Gasteiger partial charge in [-0.05, 0) is 31.2 Å². The first-order valence-electron chi connectivity index (χ1n) is 5.72. The minimum atomic E-state index is 0.698. The summed E-state index contributed by atoms with van der Waals surface area (Å²) in [4.78, 5) is 4.33. The monoisotopic (exact) mass is 231 g/mol. The second kappa shape index (κ2) is 5.50. The Morgan fingerprint density at radius 2 is 2.24 bits per heavy atom. The zero-order valence-electron chi connectivity index (χ0n) is 9.94. The van der Waals surface area contributed by atoms with Crippen LogP contribution in [-0.2, 0) is 0 Å². The standard InChI is InChI=1S/C13H17N3O/c1-17-10-3-4-11-12(15-7-2-6-14)5-8-16-13(11)9-10/h3-5,8-9H,2,6-7,14H2,1H3,(H,15,16). The zero-order valence-corrected chi connectivity index (χ0v) is 9.94. The molecule has 2 aromatic rings. The van der Waals surface area contributed by atoms with E-state index in [-0.39, 0.29) is 0 Å². The molecule has 0 atom stereocenters. The van der Waals surface area contributed by atoms with Gasteiger partial charge in [0.2, 0.25) is 0 Å². The smallest absolute Gasteiger partial charge is 0.121 e. The van der Waals surface area contributed by atoms with Crippen molar-refractivity contribution in [1.29, 1.82) is 0 Å². The molecule has 0 unspecified atom stereocenters. The molecular weight excluding hydrogens is 214 g/mol. The third-order valence-electron chi connectivity index (χ3n) is 2.65. The van der Waals surface area contributed by atoms with E-state index in [4.69, 9.17) is 10.5 Å². The van der Waals surface area contributed by atoms with Crippen molar-refractivity contribution >= 4 is 16.6 Å². The molecule has 1 heterocycles. The summed E-state index contributed by atoms with van der Waals surface area (Å²) in [6.45, 7) is 1.57. The molecule has 2 rings (SSSR count). The van der Waals surface area contributed by atoms with Crippen LogP contribution in [0.1, 0.15) is 6.42 Å². The lowest BCUT2D eigenvalue weighted by atomic mass is 10.2. The molecule has 4 heteroatoms. The fourth-order valence-electron chi connectivity index (χ4n) is 1.73. The molecule has 0 spiro atoms. The summed E-state index contributed by atoms with van der Waals surface area (Å²) in [6.07, 6.45) is 2.76. The third kappa shape index (κ3) is 2.65. The summed E-state index contributed by atoms with van der Waals surface area (Å²) in [7, 11) is 1.66. The van der Waals surface area contributed by atoms with Crippen molar-refractivity contribution < 1.29 is 4.74 Å². The van der Waals surface area contributed by atoms with Crippen molar-refractivity contribution in [3.05, 3.63) is 30.5 Å². The summed E-state index contributed by atoms with van der Waals surface area (Å²) in [5, 5.41) is 4.47. The Balaban J connectivity index is 2.30. The molecule has 0 saturated carbocycles. The van der Waals surface area contributed by atoms with Crippen LogP contribution in [-0.4, -0.2) is 25.2 Å². The van der Waals surface area contributed by atoms with E-state index < -0.39 is 0 Å². The predicted octanol–water partition coefficient (Wildman–Crippen LogP) is 2.00. The van der Waals surface area contributed by atoms with Crippen LogP contribution >= 0.6 is 0 Å². The highest BCUT2D eigenvalue weighted by molar-refractivity contribution is 5.91. The molecule has 1 aromatic carbocycles. The summed E-state index contributed by atoms with van der Waals surface area (Å²) in [5.41, 5.74) is 7.50. The number of rotatable bonds is 5. The Kier molecular flexibility index (Phi) is 3.77. The summed E-state index contributed by atoms with van der Waals surface area (Å²) < 4.78 is 5.18. The van der Waals surface area contributed by atoms with E-state index >= 15 is 0 Å². The fourth-order valence-corrected chi connectivity index (χ4v) is 1.73. The lowest BCUT2D eigenvalue weighted by Crippen LogP contribution is -2.08. The number of nitrogens with one attached hydrogen (secondary N) is 1. The molecule has 1 aromatic heterocycles. The van der Waals surface area contributed by atoms with Crippen molar-refractivity contribution in [1.82, 2.24) is 4.98 Å². The van der Waals surface area contributed by atoms with Gasteiger partial charge in [-0.1, -0.05) is 0 Å². The highest BCUT2D eigenvalue weighted by Gasteiger charge is 2.02. The number of anilines is 1. The van der Waals surface area contributed by atoms with Crippen molar-refractivity contribution in [2.75, 3.05) is 25.5 Å². The molecular formula is C13H17N3O. The average molecular weight is 231 g/mol. The van der Waals surface area contributed by atoms with Gasteiger partial charge in [0.05, 0.1) is 12.6 Å². The normalized spacial score (nSPS) is 10.5. The molecule has 0 amide bonds. The average Bonchev–Trinajstić information content (AvgIpc) is 2.38. The van der Waals surface area contributed by atoms with Crippen molar-refractivity contribution in [3.8, 4) is 5.75 Å². The Morgan fingerprint density at radius 1 is 1.35 bits per heavy atom. The summed E-state index contributed by atoms with van der Waals surface area (Å²) >= 11 is 0. The van der Waals surface area contributed by atoms with Gasteiger partial charge in [0, 0.05) is 29.9 Å². The quantitative estimate of drug-likeness (QED) is 0.773. The van der Waals surface area contributed by atoms with Crippen LogP contribution in [0.15, 0.2) is 30.5 Å². The number of nitrogens with zero attached hydrogens (tertiary/aromatic N) is 1. The second-order valence-corrected chi connectivity index (χ2v) is 3.81. The van der Waals surface area contributed by atoms with Crippen molar-refractivity contribution in [3.63, 3.8) is 0 Å². The van der Waals surface area contributed by atoms with E-state index in [1.165, 1.54) is 0 Å². The van der Waals surface area contributed by atoms with E-state index in [1.807, 2.05) is 24.3 Å². The predicted molar refractivity (Wildman–Crippen MR) is 70.5 cm³/mol. The lowest BCUT2D eigenvalue weighted by Gasteiger charge is -2.09. The number of ether oxygens (including phenoxy) is 1. The van der Waals surface area contributed by atoms with Gasteiger partial charge in [0.25, 0.3) is 0 Å². The van der Waals surface area contributed by atoms with Gasteiger partial charge in [0.1, 0.15) is 5.75 Å². The number of hydrogen-bond donors (Lipinski definition) is 2. The first-order valence-corrected chi connectivity index (χ1v) is 5.72. The van der Waals surface area contributed by atoms with E-state index in [9.17, 15) is 0 Å². The summed E-state index contributed by atoms with van der Waals surface area (Å²) in [6, 6.07) is 7.87. The number of methoxy groups -OCH3 is 1. The van der Waals surface area contributed by atoms with Crippen LogP contribution < -0.4 is 15.8 Å². The zero-order chi connectivity index (χ0) is 12.1. The van der Waals surface area contributed by atoms with Crippen molar-refractivity contribution in [2.45, 2.75) is 6.42 Å². The lowest BCUT2D eigenvalue weighted by molar-refractivity contribution is 0.415. The highest BCUT2D eigenvalue weighted by atomic mass is 16.5. The van der Waals surface area contributed by atoms with Gasteiger partial charge >= 0.3 is 0 Å². The molecule has 3 N–H and O–H groups in total. The van der Waals surface area contributed by atoms with Crippen LogP contribution in [0.25, 0.3) is 10.9 Å². The topological polar surface area (TPSA) is 60.2 Å². The summed E-state index contributed by atoms with van der Waals surface area (Å²) in [5.74, 6) is 0.823. The Bertz CT molecular complexity index is 499. The van der Waals surface area contributed by atoms with Crippen LogP contribution in [0.5, 0.6) is 5.75 Å². The molecule has 90 valence electrons. The Labute approximate surface area is 101 Å². The number of pyridine rings is 1. The molecule has 4 nitrogen and oxygen atoms in total. The van der Waals surface area contributed by atoms with E-state index in [2.05, 4.69) is 10.3 Å². The second-order valence-electron chi connectivity index (χ2n) is 3.81. The maximum absolute atomic E-state index is 5.47. The minimum Gasteiger partial charge on any atom is -0.497 e. The molecule has 0 aliphatic rings.